The quantitative estimate of drug-likeness (QED) is 0.667. The van der Waals surface area contributed by atoms with E-state index in [-0.39, 0.29) is 12.0 Å². The maximum absolute atomic E-state index is 11.9. The summed E-state index contributed by atoms with van der Waals surface area (Å²) >= 11 is 0. The van der Waals surface area contributed by atoms with Crippen molar-refractivity contribution in [3.63, 3.8) is 0 Å². The summed E-state index contributed by atoms with van der Waals surface area (Å²) in [6, 6.07) is 7.02. The van der Waals surface area contributed by atoms with Crippen molar-refractivity contribution in [1.82, 2.24) is 5.32 Å². The number of amides is 1. The van der Waals surface area contributed by atoms with Gasteiger partial charge in [0.05, 0.1) is 18.7 Å². The Kier molecular flexibility index (Phi) is 5.20. The fourth-order valence-electron chi connectivity index (χ4n) is 2.21. The number of allylic oxidation sites excluding steroid dienone is 2. The molecule has 1 aliphatic rings. The molecule has 0 saturated heterocycles. The Labute approximate surface area is 130 Å². The summed E-state index contributed by atoms with van der Waals surface area (Å²) in [5.74, 6) is 0.612. The molecular formula is C17H21NO4. The number of hydrogen-bond acceptors (Lipinski definition) is 4. The molecule has 1 fully saturated rings. The molecule has 1 saturated carbocycles. The summed E-state index contributed by atoms with van der Waals surface area (Å²) in [4.78, 5) is 23.4. The highest BCUT2D eigenvalue weighted by atomic mass is 16.6. The van der Waals surface area contributed by atoms with E-state index in [0.717, 1.165) is 18.4 Å². The van der Waals surface area contributed by atoms with Crippen LogP contribution in [0.25, 0.3) is 0 Å². The number of carbonyl (C=O) groups is 2. The number of methoxy groups -OCH3 is 1. The molecule has 5 nitrogen and oxygen atoms in total. The third-order valence-corrected chi connectivity index (χ3v) is 3.72. The first-order valence-electron chi connectivity index (χ1n) is 7.34. The van der Waals surface area contributed by atoms with Crippen LogP contribution >= 0.6 is 0 Å². The van der Waals surface area contributed by atoms with Crippen LogP contribution in [-0.2, 0) is 9.47 Å². The standard InChI is InChI=1S/C17H21NO4/c1-4-11(2)22-17(20)18-15(12-5-6-12)13-7-9-14(10-8-13)16(19)21-3/h4,7-10,12,15H,5-6H2,1-3H3,(H,18,20)/b11-4-. The minimum atomic E-state index is -0.454. The van der Waals surface area contributed by atoms with Crippen molar-refractivity contribution in [2.24, 2.45) is 5.92 Å². The van der Waals surface area contributed by atoms with Gasteiger partial charge in [0.15, 0.2) is 0 Å². The zero-order valence-electron chi connectivity index (χ0n) is 13.1. The first kappa shape index (κ1) is 16.1. The summed E-state index contributed by atoms with van der Waals surface area (Å²) in [6.07, 6.45) is 3.43. The highest BCUT2D eigenvalue weighted by Crippen LogP contribution is 2.41. The fourth-order valence-corrected chi connectivity index (χ4v) is 2.21. The van der Waals surface area contributed by atoms with Gasteiger partial charge in [0.25, 0.3) is 0 Å². The number of alkyl carbamates (subject to hydrolysis) is 1. The van der Waals surface area contributed by atoms with Gasteiger partial charge in [-0.3, -0.25) is 0 Å². The van der Waals surface area contributed by atoms with Gasteiger partial charge in [0.2, 0.25) is 0 Å². The van der Waals surface area contributed by atoms with Gasteiger partial charge in [-0.05, 0) is 56.4 Å². The van der Waals surface area contributed by atoms with Crippen molar-refractivity contribution in [3.05, 3.63) is 47.2 Å². The largest absolute Gasteiger partial charge is 0.465 e. The molecule has 0 heterocycles. The molecule has 1 aliphatic carbocycles. The maximum atomic E-state index is 11.9. The van der Waals surface area contributed by atoms with E-state index in [0.29, 0.717) is 17.2 Å². The summed E-state index contributed by atoms with van der Waals surface area (Å²) < 4.78 is 9.83. The lowest BCUT2D eigenvalue weighted by Crippen LogP contribution is -2.30. The zero-order chi connectivity index (χ0) is 16.1. The van der Waals surface area contributed by atoms with Crippen molar-refractivity contribution < 1.29 is 19.1 Å². The van der Waals surface area contributed by atoms with E-state index in [9.17, 15) is 9.59 Å². The summed E-state index contributed by atoms with van der Waals surface area (Å²) in [5.41, 5.74) is 1.46. The van der Waals surface area contributed by atoms with Crippen LogP contribution in [0.5, 0.6) is 0 Å². The predicted octanol–water partition coefficient (Wildman–Crippen LogP) is 3.57. The molecule has 1 atom stereocenters. The van der Waals surface area contributed by atoms with Crippen LogP contribution in [0.2, 0.25) is 0 Å². The minimum absolute atomic E-state index is 0.0937. The SMILES string of the molecule is C/C=C(/C)OC(=O)NC(c1ccc(C(=O)OC)cc1)C1CC1. The number of carbonyl (C=O) groups excluding carboxylic acids is 2. The van der Waals surface area contributed by atoms with Crippen molar-refractivity contribution in [3.8, 4) is 0 Å². The second kappa shape index (κ2) is 7.11. The Balaban J connectivity index is 2.08. The van der Waals surface area contributed by atoms with Crippen molar-refractivity contribution in [1.29, 1.82) is 0 Å². The Morgan fingerprint density at radius 1 is 1.27 bits per heavy atom. The van der Waals surface area contributed by atoms with Crippen LogP contribution in [0.15, 0.2) is 36.1 Å². The van der Waals surface area contributed by atoms with Crippen LogP contribution in [-0.4, -0.2) is 19.2 Å². The van der Waals surface area contributed by atoms with Crippen LogP contribution in [0, 0.1) is 5.92 Å². The molecule has 1 amide bonds. The molecule has 118 valence electrons. The molecule has 1 unspecified atom stereocenters. The van der Waals surface area contributed by atoms with Crippen LogP contribution in [0.1, 0.15) is 48.7 Å². The average molecular weight is 303 g/mol. The van der Waals surface area contributed by atoms with E-state index < -0.39 is 6.09 Å². The molecule has 1 aromatic rings. The van der Waals surface area contributed by atoms with Gasteiger partial charge < -0.3 is 14.8 Å². The second-order valence-corrected chi connectivity index (χ2v) is 5.36. The fraction of sp³-hybridized carbons (Fsp3) is 0.412. The number of ether oxygens (including phenoxy) is 2. The highest BCUT2D eigenvalue weighted by Gasteiger charge is 2.34. The second-order valence-electron chi connectivity index (χ2n) is 5.36. The lowest BCUT2D eigenvalue weighted by Gasteiger charge is -2.19. The molecule has 0 spiro atoms. The summed E-state index contributed by atoms with van der Waals surface area (Å²) in [5, 5.41) is 2.90. The number of rotatable bonds is 5. The Bertz CT molecular complexity index is 573. The van der Waals surface area contributed by atoms with Gasteiger partial charge in [-0.25, -0.2) is 9.59 Å². The van der Waals surface area contributed by atoms with Gasteiger partial charge in [-0.1, -0.05) is 12.1 Å². The number of hydrogen-bond donors (Lipinski definition) is 1. The summed E-state index contributed by atoms with van der Waals surface area (Å²) in [6.45, 7) is 3.55. The van der Waals surface area contributed by atoms with E-state index in [2.05, 4.69) is 10.1 Å². The predicted molar refractivity (Wildman–Crippen MR) is 82.3 cm³/mol. The van der Waals surface area contributed by atoms with E-state index in [1.807, 2.05) is 19.1 Å². The van der Waals surface area contributed by atoms with Crippen LogP contribution in [0.4, 0.5) is 4.79 Å². The smallest absolute Gasteiger partial charge is 0.412 e. The molecule has 0 aliphatic heterocycles. The molecule has 1 N–H and O–H groups in total. The van der Waals surface area contributed by atoms with Crippen molar-refractivity contribution in [2.75, 3.05) is 7.11 Å². The van der Waals surface area contributed by atoms with Gasteiger partial charge in [0.1, 0.15) is 5.76 Å². The number of nitrogens with one attached hydrogen (secondary N) is 1. The molecule has 1 aromatic carbocycles. The lowest BCUT2D eigenvalue weighted by atomic mass is 10.0. The number of esters is 1. The lowest BCUT2D eigenvalue weighted by molar-refractivity contribution is 0.0600. The molecule has 0 bridgehead atoms. The van der Waals surface area contributed by atoms with Gasteiger partial charge in [-0.15, -0.1) is 0 Å². The van der Waals surface area contributed by atoms with Gasteiger partial charge in [-0.2, -0.15) is 0 Å². The number of benzene rings is 1. The average Bonchev–Trinajstić information content (AvgIpc) is 3.36. The Hall–Kier alpha value is -2.30. The highest BCUT2D eigenvalue weighted by molar-refractivity contribution is 5.89. The van der Waals surface area contributed by atoms with Crippen LogP contribution in [0.3, 0.4) is 0 Å². The molecule has 0 aromatic heterocycles. The van der Waals surface area contributed by atoms with Crippen molar-refractivity contribution >= 4 is 12.1 Å². The third-order valence-electron chi connectivity index (χ3n) is 3.72. The maximum Gasteiger partial charge on any atom is 0.412 e. The molecule has 0 radical (unpaired) electrons. The summed E-state index contributed by atoms with van der Waals surface area (Å²) in [7, 11) is 1.35. The third kappa shape index (κ3) is 4.10. The Morgan fingerprint density at radius 3 is 2.41 bits per heavy atom. The molecule has 2 rings (SSSR count). The zero-order valence-corrected chi connectivity index (χ0v) is 13.1. The first-order chi connectivity index (χ1) is 10.5. The molecule has 5 heteroatoms. The topological polar surface area (TPSA) is 64.6 Å². The monoisotopic (exact) mass is 303 g/mol. The van der Waals surface area contributed by atoms with Gasteiger partial charge >= 0.3 is 12.1 Å². The minimum Gasteiger partial charge on any atom is -0.465 e. The Morgan fingerprint density at radius 2 is 1.91 bits per heavy atom. The van der Waals surface area contributed by atoms with E-state index >= 15 is 0 Å². The molecule has 22 heavy (non-hydrogen) atoms. The van der Waals surface area contributed by atoms with Crippen LogP contribution < -0.4 is 5.32 Å². The van der Waals surface area contributed by atoms with E-state index in [1.165, 1.54) is 7.11 Å². The molecular weight excluding hydrogens is 282 g/mol. The first-order valence-corrected chi connectivity index (χ1v) is 7.34. The van der Waals surface area contributed by atoms with E-state index in [1.54, 1.807) is 25.1 Å². The normalized spacial score (nSPS) is 15.9. The van der Waals surface area contributed by atoms with E-state index in [4.69, 9.17) is 4.74 Å². The van der Waals surface area contributed by atoms with Gasteiger partial charge in [0, 0.05) is 0 Å². The van der Waals surface area contributed by atoms with Crippen molar-refractivity contribution in [2.45, 2.75) is 32.7 Å².